The number of benzene rings is 1. The molecule has 98 valence electrons. The summed E-state index contributed by atoms with van der Waals surface area (Å²) in [7, 11) is 1.50. The van der Waals surface area contributed by atoms with Gasteiger partial charge in [-0.25, -0.2) is 4.68 Å². The molecular formula is C13H12N2O4. The molecule has 0 radical (unpaired) electrons. The summed E-state index contributed by atoms with van der Waals surface area (Å²) in [5, 5.41) is 2.42. The van der Waals surface area contributed by atoms with Gasteiger partial charge in [-0.3, -0.25) is 19.5 Å². The fraction of sp³-hybridized carbons (Fsp3) is 0.154. The highest BCUT2D eigenvalue weighted by molar-refractivity contribution is 5.75. The van der Waals surface area contributed by atoms with Gasteiger partial charge in [-0.1, -0.05) is 0 Å². The first-order valence-electron chi connectivity index (χ1n) is 5.56. The van der Waals surface area contributed by atoms with Crippen molar-refractivity contribution in [3.05, 3.63) is 62.2 Å². The average Bonchev–Trinajstić information content (AvgIpc) is 2.42. The molecule has 0 aliphatic carbocycles. The van der Waals surface area contributed by atoms with Gasteiger partial charge < -0.3 is 4.74 Å². The van der Waals surface area contributed by atoms with E-state index in [2.05, 4.69) is 5.10 Å². The van der Waals surface area contributed by atoms with Crippen molar-refractivity contribution in [2.45, 2.75) is 6.54 Å². The summed E-state index contributed by atoms with van der Waals surface area (Å²) in [4.78, 5) is 33.6. The molecule has 0 unspecified atom stereocenters. The van der Waals surface area contributed by atoms with E-state index in [0.717, 1.165) is 10.7 Å². The molecule has 0 aliphatic rings. The molecule has 1 aromatic heterocycles. The van der Waals surface area contributed by atoms with Gasteiger partial charge in [0.25, 0.3) is 11.1 Å². The molecule has 0 aliphatic heterocycles. The number of nitrogens with zero attached hydrogens (tertiary/aromatic N) is 1. The summed E-state index contributed by atoms with van der Waals surface area (Å²) in [6.45, 7) is 0.125. The number of aromatic amines is 1. The third-order valence-corrected chi connectivity index (χ3v) is 2.66. The lowest BCUT2D eigenvalue weighted by atomic mass is 10.1. The Hall–Kier alpha value is -2.63. The van der Waals surface area contributed by atoms with Gasteiger partial charge in [-0.05, 0) is 18.2 Å². The van der Waals surface area contributed by atoms with Crippen LogP contribution in [0, 0.1) is 0 Å². The molecule has 6 nitrogen and oxygen atoms in total. The van der Waals surface area contributed by atoms with Crippen LogP contribution in [-0.2, 0) is 6.54 Å². The predicted molar refractivity (Wildman–Crippen MR) is 68.8 cm³/mol. The normalized spacial score (nSPS) is 10.2. The number of hydrogen-bond donors (Lipinski definition) is 1. The lowest BCUT2D eigenvalue weighted by molar-refractivity contribution is 0.112. The Morgan fingerprint density at radius 2 is 2.05 bits per heavy atom. The van der Waals surface area contributed by atoms with E-state index < -0.39 is 0 Å². The molecule has 2 aromatic rings. The number of hydrogen-bond acceptors (Lipinski definition) is 4. The second-order valence-corrected chi connectivity index (χ2v) is 3.92. The van der Waals surface area contributed by atoms with Crippen LogP contribution in [0.1, 0.15) is 15.9 Å². The number of nitrogens with one attached hydrogen (secondary N) is 1. The van der Waals surface area contributed by atoms with Gasteiger partial charge in [0.1, 0.15) is 12.0 Å². The zero-order valence-corrected chi connectivity index (χ0v) is 10.3. The number of ether oxygens (including phenoxy) is 1. The fourth-order valence-electron chi connectivity index (χ4n) is 1.75. The number of aldehydes is 1. The maximum absolute atomic E-state index is 11.6. The van der Waals surface area contributed by atoms with Crippen LogP contribution in [0.2, 0.25) is 0 Å². The Morgan fingerprint density at radius 1 is 1.26 bits per heavy atom. The van der Waals surface area contributed by atoms with Crippen LogP contribution in [0.25, 0.3) is 0 Å². The molecule has 0 amide bonds. The minimum absolute atomic E-state index is 0.125. The quantitative estimate of drug-likeness (QED) is 0.807. The zero-order chi connectivity index (χ0) is 13.8. The van der Waals surface area contributed by atoms with Crippen LogP contribution in [0.3, 0.4) is 0 Å². The molecule has 1 heterocycles. The number of methoxy groups -OCH3 is 1. The minimum Gasteiger partial charge on any atom is -0.496 e. The fourth-order valence-corrected chi connectivity index (χ4v) is 1.75. The van der Waals surface area contributed by atoms with E-state index in [0.29, 0.717) is 23.2 Å². The van der Waals surface area contributed by atoms with Gasteiger partial charge in [0.15, 0.2) is 0 Å². The van der Waals surface area contributed by atoms with Gasteiger partial charge in [-0.2, -0.15) is 0 Å². The maximum Gasteiger partial charge on any atom is 0.265 e. The number of carbonyl (C=O) groups excluding carboxylic acids is 1. The van der Waals surface area contributed by atoms with E-state index in [9.17, 15) is 14.4 Å². The first-order chi connectivity index (χ1) is 9.13. The molecule has 1 N–H and O–H groups in total. The van der Waals surface area contributed by atoms with Gasteiger partial charge in [0.05, 0.1) is 13.7 Å². The number of carbonyl (C=O) groups is 1. The average molecular weight is 260 g/mol. The summed E-state index contributed by atoms with van der Waals surface area (Å²) in [5.41, 5.74) is 0.404. The van der Waals surface area contributed by atoms with Crippen molar-refractivity contribution in [3.8, 4) is 5.75 Å². The standard InChI is InChI=1S/C13H12N2O4/c1-19-11-3-2-9(8-16)6-10(11)7-15-13(18)5-4-12(17)14-15/h2-6,8H,7H2,1H3,(H,14,17). The van der Waals surface area contributed by atoms with Gasteiger partial charge in [0, 0.05) is 23.3 Å². The molecule has 0 atom stereocenters. The minimum atomic E-state index is -0.370. The van der Waals surface area contributed by atoms with E-state index in [4.69, 9.17) is 4.74 Å². The van der Waals surface area contributed by atoms with Crippen LogP contribution in [0.5, 0.6) is 5.75 Å². The Kier molecular flexibility index (Phi) is 3.61. The Labute approximate surface area is 108 Å². The van der Waals surface area contributed by atoms with Crippen molar-refractivity contribution in [1.29, 1.82) is 0 Å². The van der Waals surface area contributed by atoms with Crippen molar-refractivity contribution < 1.29 is 9.53 Å². The first kappa shape index (κ1) is 12.8. The van der Waals surface area contributed by atoms with Crippen molar-refractivity contribution in [3.63, 3.8) is 0 Å². The highest BCUT2D eigenvalue weighted by atomic mass is 16.5. The molecule has 0 saturated heterocycles. The molecule has 1 aromatic carbocycles. The van der Waals surface area contributed by atoms with Crippen LogP contribution in [0.15, 0.2) is 39.9 Å². The van der Waals surface area contributed by atoms with E-state index in [-0.39, 0.29) is 17.7 Å². The van der Waals surface area contributed by atoms with Gasteiger partial charge >= 0.3 is 0 Å². The van der Waals surface area contributed by atoms with Gasteiger partial charge in [-0.15, -0.1) is 0 Å². The number of H-pyrrole nitrogens is 1. The van der Waals surface area contributed by atoms with E-state index >= 15 is 0 Å². The van der Waals surface area contributed by atoms with Crippen LogP contribution >= 0.6 is 0 Å². The summed E-state index contributed by atoms with van der Waals surface area (Å²) in [6.07, 6.45) is 0.708. The molecular weight excluding hydrogens is 248 g/mol. The summed E-state index contributed by atoms with van der Waals surface area (Å²) in [6, 6.07) is 7.23. The van der Waals surface area contributed by atoms with E-state index in [1.807, 2.05) is 0 Å². The summed E-state index contributed by atoms with van der Waals surface area (Å²) in [5.74, 6) is 0.544. The molecule has 6 heteroatoms. The SMILES string of the molecule is COc1ccc(C=O)cc1Cn1[nH]c(=O)ccc1=O. The smallest absolute Gasteiger partial charge is 0.265 e. The topological polar surface area (TPSA) is 81.2 Å². The third-order valence-electron chi connectivity index (χ3n) is 2.66. The van der Waals surface area contributed by atoms with Crippen molar-refractivity contribution in [2.75, 3.05) is 7.11 Å². The highest BCUT2D eigenvalue weighted by Gasteiger charge is 2.06. The summed E-state index contributed by atoms with van der Waals surface area (Å²) < 4.78 is 6.33. The first-order valence-corrected chi connectivity index (χ1v) is 5.56. The zero-order valence-electron chi connectivity index (χ0n) is 10.3. The molecule has 0 fully saturated rings. The Bertz CT molecular complexity index is 715. The second kappa shape index (κ2) is 5.34. The van der Waals surface area contributed by atoms with E-state index in [1.54, 1.807) is 18.2 Å². The lowest BCUT2D eigenvalue weighted by Crippen LogP contribution is -2.28. The van der Waals surface area contributed by atoms with Crippen LogP contribution in [-0.4, -0.2) is 23.2 Å². The maximum atomic E-state index is 11.6. The number of aromatic nitrogens is 2. The molecule has 19 heavy (non-hydrogen) atoms. The second-order valence-electron chi connectivity index (χ2n) is 3.92. The van der Waals surface area contributed by atoms with Gasteiger partial charge in [0.2, 0.25) is 0 Å². The third kappa shape index (κ3) is 2.79. The largest absolute Gasteiger partial charge is 0.496 e. The molecule has 2 rings (SSSR count). The monoisotopic (exact) mass is 260 g/mol. The highest BCUT2D eigenvalue weighted by Crippen LogP contribution is 2.19. The van der Waals surface area contributed by atoms with Crippen LogP contribution in [0.4, 0.5) is 0 Å². The van der Waals surface area contributed by atoms with E-state index in [1.165, 1.54) is 13.2 Å². The van der Waals surface area contributed by atoms with Crippen molar-refractivity contribution in [2.24, 2.45) is 0 Å². The summed E-state index contributed by atoms with van der Waals surface area (Å²) >= 11 is 0. The Morgan fingerprint density at radius 3 is 2.74 bits per heavy atom. The van der Waals surface area contributed by atoms with Crippen molar-refractivity contribution >= 4 is 6.29 Å². The predicted octanol–water partition coefficient (Wildman–Crippen LogP) is 0.406. The molecule has 0 spiro atoms. The Balaban J connectivity index is 2.47. The number of rotatable bonds is 4. The molecule has 0 saturated carbocycles. The lowest BCUT2D eigenvalue weighted by Gasteiger charge is -2.10. The van der Waals surface area contributed by atoms with Crippen molar-refractivity contribution in [1.82, 2.24) is 9.78 Å². The molecule has 0 bridgehead atoms. The van der Waals surface area contributed by atoms with Crippen LogP contribution < -0.4 is 15.9 Å².